The summed E-state index contributed by atoms with van der Waals surface area (Å²) in [6.45, 7) is 4.12. The molecule has 25 heavy (non-hydrogen) atoms. The van der Waals surface area contributed by atoms with Crippen LogP contribution in [0.1, 0.15) is 57.1 Å². The molecule has 0 spiro atoms. The Balaban J connectivity index is 1.64. The predicted molar refractivity (Wildman–Crippen MR) is 101 cm³/mol. The zero-order valence-electron chi connectivity index (χ0n) is 15.3. The predicted octanol–water partition coefficient (Wildman–Crippen LogP) is 6.95. The van der Waals surface area contributed by atoms with Gasteiger partial charge in [0.1, 0.15) is 11.6 Å². The molecule has 0 unspecified atom stereocenters. The van der Waals surface area contributed by atoms with Crippen LogP contribution in [0.3, 0.4) is 0 Å². The fourth-order valence-electron chi connectivity index (χ4n) is 3.96. The fraction of sp³-hybridized carbons (Fsp3) is 0.478. The summed E-state index contributed by atoms with van der Waals surface area (Å²) in [6.07, 6.45) is 8.18. The average Bonchev–Trinajstić information content (AvgIpc) is 2.61. The van der Waals surface area contributed by atoms with Crippen LogP contribution >= 0.6 is 0 Å². The lowest BCUT2D eigenvalue weighted by atomic mass is 9.80. The van der Waals surface area contributed by atoms with E-state index >= 15 is 0 Å². The topological polar surface area (TPSA) is 0 Å². The van der Waals surface area contributed by atoms with Crippen LogP contribution < -0.4 is 0 Å². The molecule has 0 N–H and O–H groups in total. The molecule has 2 aromatic rings. The molecule has 2 heteroatoms. The Morgan fingerprint density at radius 1 is 0.880 bits per heavy atom. The van der Waals surface area contributed by atoms with Gasteiger partial charge in [-0.2, -0.15) is 0 Å². The first-order valence-corrected chi connectivity index (χ1v) is 9.64. The molecule has 1 fully saturated rings. The molecular formula is C23H28F2. The van der Waals surface area contributed by atoms with Crippen LogP contribution in [0.5, 0.6) is 0 Å². The lowest BCUT2D eigenvalue weighted by molar-refractivity contribution is 0.278. The van der Waals surface area contributed by atoms with E-state index in [-0.39, 0.29) is 5.56 Å². The summed E-state index contributed by atoms with van der Waals surface area (Å²) in [5.74, 6) is 0.859. The number of rotatable bonds is 5. The molecule has 0 saturated heterocycles. The van der Waals surface area contributed by atoms with E-state index < -0.39 is 11.6 Å². The van der Waals surface area contributed by atoms with E-state index in [4.69, 9.17) is 0 Å². The maximum Gasteiger partial charge on any atom is 0.129 e. The van der Waals surface area contributed by atoms with E-state index in [1.54, 1.807) is 6.92 Å². The van der Waals surface area contributed by atoms with E-state index in [0.717, 1.165) is 23.8 Å². The first-order valence-electron chi connectivity index (χ1n) is 9.64. The van der Waals surface area contributed by atoms with Crippen LogP contribution in [-0.2, 0) is 12.8 Å². The smallest absolute Gasteiger partial charge is 0.129 e. The molecule has 134 valence electrons. The van der Waals surface area contributed by atoms with Gasteiger partial charge < -0.3 is 0 Å². The molecule has 3 rings (SSSR count). The summed E-state index contributed by atoms with van der Waals surface area (Å²) in [5.41, 5.74) is 2.96. The second kappa shape index (κ2) is 8.12. The zero-order chi connectivity index (χ0) is 17.8. The van der Waals surface area contributed by atoms with Gasteiger partial charge >= 0.3 is 0 Å². The third-order valence-corrected chi connectivity index (χ3v) is 5.76. The van der Waals surface area contributed by atoms with Crippen molar-refractivity contribution in [1.82, 2.24) is 0 Å². The molecule has 2 aromatic carbocycles. The number of hydrogen-bond donors (Lipinski definition) is 0. The third kappa shape index (κ3) is 4.48. The maximum atomic E-state index is 14.0. The number of halogens is 2. The van der Waals surface area contributed by atoms with Crippen LogP contribution in [0.15, 0.2) is 36.4 Å². The number of hydrogen-bond acceptors (Lipinski definition) is 0. The van der Waals surface area contributed by atoms with Gasteiger partial charge in [0, 0.05) is 5.56 Å². The molecule has 1 aliphatic rings. The summed E-state index contributed by atoms with van der Waals surface area (Å²) >= 11 is 0. The zero-order valence-corrected chi connectivity index (χ0v) is 15.3. The van der Waals surface area contributed by atoms with Gasteiger partial charge in [0.25, 0.3) is 0 Å². The van der Waals surface area contributed by atoms with E-state index in [2.05, 4.69) is 19.1 Å². The Bertz CT molecular complexity index is 672. The molecule has 0 radical (unpaired) electrons. The van der Waals surface area contributed by atoms with Gasteiger partial charge in [-0.25, -0.2) is 8.78 Å². The van der Waals surface area contributed by atoms with Crippen LogP contribution in [0.25, 0.3) is 11.1 Å². The van der Waals surface area contributed by atoms with Crippen molar-refractivity contribution in [2.45, 2.75) is 58.8 Å². The lowest BCUT2D eigenvalue weighted by Gasteiger charge is -2.26. The van der Waals surface area contributed by atoms with E-state index in [9.17, 15) is 8.78 Å². The number of aryl methyl sites for hydroxylation is 1. The van der Waals surface area contributed by atoms with Crippen molar-refractivity contribution >= 4 is 0 Å². The molecule has 0 amide bonds. The Hall–Kier alpha value is -1.70. The van der Waals surface area contributed by atoms with Crippen molar-refractivity contribution < 1.29 is 8.78 Å². The van der Waals surface area contributed by atoms with Crippen molar-refractivity contribution in [1.29, 1.82) is 0 Å². The maximum absolute atomic E-state index is 14.0. The van der Waals surface area contributed by atoms with Gasteiger partial charge in [-0.1, -0.05) is 63.8 Å². The minimum atomic E-state index is -0.451. The van der Waals surface area contributed by atoms with Crippen molar-refractivity contribution in [2.75, 3.05) is 0 Å². The fourth-order valence-corrected chi connectivity index (χ4v) is 3.96. The van der Waals surface area contributed by atoms with Gasteiger partial charge in [-0.05, 0) is 59.9 Å². The molecular weight excluding hydrogens is 314 g/mol. The highest BCUT2D eigenvalue weighted by molar-refractivity contribution is 5.64. The number of benzene rings is 2. The monoisotopic (exact) mass is 342 g/mol. The SMILES string of the molecule is CCc1c(F)cc(-c2ccc(CCC3CCC(C)CC3)cc2)cc1F. The van der Waals surface area contributed by atoms with Gasteiger partial charge in [-0.3, -0.25) is 0 Å². The summed E-state index contributed by atoms with van der Waals surface area (Å²) in [4.78, 5) is 0. The Labute approximate surface area is 150 Å². The highest BCUT2D eigenvalue weighted by Crippen LogP contribution is 2.31. The molecule has 0 heterocycles. The van der Waals surface area contributed by atoms with Crippen LogP contribution in [0, 0.1) is 23.5 Å². The largest absolute Gasteiger partial charge is 0.207 e. The molecule has 0 bridgehead atoms. The molecule has 0 aliphatic heterocycles. The highest BCUT2D eigenvalue weighted by atomic mass is 19.1. The van der Waals surface area contributed by atoms with E-state index in [0.29, 0.717) is 12.0 Å². The molecule has 0 aromatic heterocycles. The Kier molecular flexibility index (Phi) is 5.88. The van der Waals surface area contributed by atoms with Gasteiger partial charge in [0.2, 0.25) is 0 Å². The third-order valence-electron chi connectivity index (χ3n) is 5.76. The second-order valence-electron chi connectivity index (χ2n) is 7.63. The quantitative estimate of drug-likeness (QED) is 0.551. The molecule has 1 aliphatic carbocycles. The van der Waals surface area contributed by atoms with Crippen molar-refractivity contribution in [3.05, 3.63) is 59.2 Å². The minimum absolute atomic E-state index is 0.169. The second-order valence-corrected chi connectivity index (χ2v) is 7.63. The molecule has 0 atom stereocenters. The van der Waals surface area contributed by atoms with Gasteiger partial charge in [0.15, 0.2) is 0 Å². The standard InChI is InChI=1S/C23H28F2/c1-3-21-22(24)14-20(15-23(21)25)19-12-10-18(11-13-19)9-8-17-6-4-16(2)5-7-17/h10-17H,3-9H2,1-2H3. The molecule has 1 saturated carbocycles. The van der Waals surface area contributed by atoms with Crippen LogP contribution in [0.2, 0.25) is 0 Å². The average molecular weight is 342 g/mol. The normalized spacial score (nSPS) is 20.6. The van der Waals surface area contributed by atoms with Crippen molar-refractivity contribution in [2.24, 2.45) is 11.8 Å². The Morgan fingerprint density at radius 3 is 2.04 bits per heavy atom. The highest BCUT2D eigenvalue weighted by Gasteiger charge is 2.17. The van der Waals surface area contributed by atoms with Crippen molar-refractivity contribution in [3.8, 4) is 11.1 Å². The van der Waals surface area contributed by atoms with E-state index in [1.807, 2.05) is 12.1 Å². The molecule has 0 nitrogen and oxygen atoms in total. The first-order chi connectivity index (χ1) is 12.1. The van der Waals surface area contributed by atoms with Crippen LogP contribution in [0.4, 0.5) is 8.78 Å². The van der Waals surface area contributed by atoms with E-state index in [1.165, 1.54) is 49.8 Å². The minimum Gasteiger partial charge on any atom is -0.207 e. The Morgan fingerprint density at radius 2 is 1.48 bits per heavy atom. The van der Waals surface area contributed by atoms with Gasteiger partial charge in [-0.15, -0.1) is 0 Å². The summed E-state index contributed by atoms with van der Waals surface area (Å²) in [7, 11) is 0. The summed E-state index contributed by atoms with van der Waals surface area (Å²) < 4.78 is 28.0. The summed E-state index contributed by atoms with van der Waals surface area (Å²) in [6, 6.07) is 11.1. The van der Waals surface area contributed by atoms with Gasteiger partial charge in [0.05, 0.1) is 0 Å². The van der Waals surface area contributed by atoms with Crippen molar-refractivity contribution in [3.63, 3.8) is 0 Å². The van der Waals surface area contributed by atoms with Crippen LogP contribution in [-0.4, -0.2) is 0 Å². The lowest BCUT2D eigenvalue weighted by Crippen LogP contribution is -2.12. The summed E-state index contributed by atoms with van der Waals surface area (Å²) in [5, 5.41) is 0. The first kappa shape index (κ1) is 18.1.